The summed E-state index contributed by atoms with van der Waals surface area (Å²) in [4.78, 5) is 48.6. The summed E-state index contributed by atoms with van der Waals surface area (Å²) in [5.74, 6) is 0. The molecule has 0 spiro atoms. The van der Waals surface area contributed by atoms with Gasteiger partial charge in [-0.15, -0.1) is 0 Å². The molecule has 0 saturated heterocycles. The van der Waals surface area contributed by atoms with Gasteiger partial charge < -0.3 is 44.5 Å². The first-order valence-corrected chi connectivity index (χ1v) is 6.57. The Morgan fingerprint density at radius 1 is 0.550 bits per heavy atom. The van der Waals surface area contributed by atoms with Crippen LogP contribution in [-0.4, -0.2) is 11.0 Å². The van der Waals surface area contributed by atoms with Gasteiger partial charge in [0.2, 0.25) is 0 Å². The van der Waals surface area contributed by atoms with E-state index in [4.69, 9.17) is 0 Å². The van der Waals surface area contributed by atoms with Crippen molar-refractivity contribution < 1.29 is 206 Å². The van der Waals surface area contributed by atoms with Crippen LogP contribution in [0.1, 0.15) is 0 Å². The Kier molecular flexibility index (Phi) is 51.5. The molecule has 0 saturated carbocycles. The molecule has 0 aliphatic carbocycles. The Morgan fingerprint density at radius 3 is 0.800 bits per heavy atom. The third kappa shape index (κ3) is 38.7. The van der Waals surface area contributed by atoms with Gasteiger partial charge in [0, 0.05) is 0 Å². The molecule has 0 unspecified atom stereocenters. The second-order valence-corrected chi connectivity index (χ2v) is 5.49. The molecule has 0 aliphatic rings. The minimum absolute atomic E-state index is 0. The third-order valence-electron chi connectivity index (χ3n) is 0.400. The summed E-state index contributed by atoms with van der Waals surface area (Å²) < 4.78 is 34.7. The Labute approximate surface area is 224 Å². The molecule has 12 nitrogen and oxygen atoms in total. The fourth-order valence-corrected chi connectivity index (χ4v) is 2.61. The average molecular weight is 404 g/mol. The van der Waals surface area contributed by atoms with Crippen LogP contribution in [0.4, 0.5) is 0 Å². The largest absolute Gasteiger partial charge is 1.00 e. The van der Waals surface area contributed by atoms with Gasteiger partial charge in [-0.05, 0) is 0 Å². The van der Waals surface area contributed by atoms with Gasteiger partial charge in [-0.1, -0.05) is 0 Å². The van der Waals surface area contributed by atoms with Gasteiger partial charge in [-0.3, -0.25) is 13.2 Å². The Balaban J connectivity index is -0.0000000343. The first kappa shape index (κ1) is 49.9. The number of hydrogen-bond donors (Lipinski definition) is 0. The fourth-order valence-electron chi connectivity index (χ4n) is 0.260. The summed E-state index contributed by atoms with van der Waals surface area (Å²) >= 11 is 0. The molecule has 0 radical (unpaired) electrons. The number of phosphoric acid groups is 3. The minimum Gasteiger partial charge on any atom is -0.790 e. The monoisotopic (exact) mass is 404 g/mol. The molecule has 0 fully saturated rings. The second-order valence-electron chi connectivity index (χ2n) is 1.50. The van der Waals surface area contributed by atoms with E-state index < -0.39 is 23.5 Å². The summed E-state index contributed by atoms with van der Waals surface area (Å²) in [7, 11) is -17.9. The van der Waals surface area contributed by atoms with Crippen molar-refractivity contribution in [3.63, 3.8) is 0 Å². The molecular formula is H4Na5O12P3. The van der Waals surface area contributed by atoms with E-state index in [1.807, 2.05) is 0 Å². The van der Waals surface area contributed by atoms with E-state index in [-0.39, 0.29) is 159 Å². The van der Waals surface area contributed by atoms with Crippen molar-refractivity contribution in [1.82, 2.24) is 0 Å². The van der Waals surface area contributed by atoms with Crippen LogP contribution in [-0.2, 0) is 22.3 Å². The van der Waals surface area contributed by atoms with Gasteiger partial charge in [0.1, 0.15) is 0 Å². The maximum atomic E-state index is 10.1. The molecule has 0 aromatic rings. The van der Waals surface area contributed by atoms with Gasteiger partial charge in [0.15, 0.2) is 0 Å². The first-order chi connectivity index (χ1) is 5.41. The molecule has 0 amide bonds. The molecule has 0 atom stereocenters. The molecule has 0 rings (SSSR count). The van der Waals surface area contributed by atoms with E-state index in [1.54, 1.807) is 0 Å². The van der Waals surface area contributed by atoms with E-state index in [1.165, 1.54) is 0 Å². The van der Waals surface area contributed by atoms with Gasteiger partial charge in [-0.25, -0.2) is 0 Å². The predicted molar refractivity (Wildman–Crippen MR) is 32.2 cm³/mol. The molecule has 0 aromatic heterocycles. The van der Waals surface area contributed by atoms with Crippen molar-refractivity contribution in [2.75, 3.05) is 0 Å². The van der Waals surface area contributed by atoms with E-state index in [9.17, 15) is 38.2 Å². The molecule has 0 aliphatic heterocycles. The summed E-state index contributed by atoms with van der Waals surface area (Å²) in [6.07, 6.45) is 0. The fraction of sp³-hybridized carbons (Fsp3) is 0. The molecule has 0 aromatic carbocycles. The van der Waals surface area contributed by atoms with Crippen molar-refractivity contribution in [3.8, 4) is 0 Å². The molecule has 20 heavy (non-hydrogen) atoms. The normalized spacial score (nSPS) is 9.45. The maximum Gasteiger partial charge on any atom is 1.00 e. The second kappa shape index (κ2) is 20.6. The quantitative estimate of drug-likeness (QED) is 0.316. The SMILES string of the molecule is O.O.O=P([O-])([O-])OP(=O)([O-])OP(=O)([O-])[O-].[Na+].[Na+].[Na+].[Na+].[Na+]. The Morgan fingerprint density at radius 2 is 0.700 bits per heavy atom. The summed E-state index contributed by atoms with van der Waals surface area (Å²) in [5, 5.41) is 0. The summed E-state index contributed by atoms with van der Waals surface area (Å²) in [6.45, 7) is 0. The van der Waals surface area contributed by atoms with Crippen molar-refractivity contribution in [2.24, 2.45) is 0 Å². The summed E-state index contributed by atoms with van der Waals surface area (Å²) in [6, 6.07) is 0. The van der Waals surface area contributed by atoms with Gasteiger partial charge in [0.25, 0.3) is 7.82 Å². The van der Waals surface area contributed by atoms with Gasteiger partial charge in [-0.2, -0.15) is 0 Å². The van der Waals surface area contributed by atoms with Crippen molar-refractivity contribution in [1.29, 1.82) is 0 Å². The topological polar surface area (TPSA) is 248 Å². The molecule has 96 valence electrons. The zero-order valence-corrected chi connectivity index (χ0v) is 24.1. The zero-order chi connectivity index (χ0) is 10.9. The maximum absolute atomic E-state index is 10.1. The van der Waals surface area contributed by atoms with Crippen LogP contribution in [0.3, 0.4) is 0 Å². The van der Waals surface area contributed by atoms with Crippen LogP contribution in [0.25, 0.3) is 0 Å². The Bertz CT molecular complexity index is 289. The number of hydrogen-bond acceptors (Lipinski definition) is 10. The smallest absolute Gasteiger partial charge is 0.790 e. The minimum atomic E-state index is -5.97. The van der Waals surface area contributed by atoms with Crippen LogP contribution in [0, 0.1) is 0 Å². The van der Waals surface area contributed by atoms with Crippen molar-refractivity contribution in [2.45, 2.75) is 0 Å². The van der Waals surface area contributed by atoms with Crippen LogP contribution >= 0.6 is 23.5 Å². The van der Waals surface area contributed by atoms with E-state index in [0.29, 0.717) is 0 Å². The van der Waals surface area contributed by atoms with Crippen LogP contribution < -0.4 is 172 Å². The molecule has 0 bridgehead atoms. The Hall–Kier alpha value is 5.33. The van der Waals surface area contributed by atoms with Crippen molar-refractivity contribution >= 4 is 23.5 Å². The summed E-state index contributed by atoms with van der Waals surface area (Å²) in [5.41, 5.74) is 0. The molecule has 4 N–H and O–H groups in total. The molecule has 0 heterocycles. The predicted octanol–water partition coefficient (Wildman–Crippen LogP) is -20.5. The van der Waals surface area contributed by atoms with Crippen LogP contribution in [0.5, 0.6) is 0 Å². The zero-order valence-electron chi connectivity index (χ0n) is 11.4. The first-order valence-electron chi connectivity index (χ1n) is 2.19. The average Bonchev–Trinajstić information content (AvgIpc) is 1.43. The van der Waals surface area contributed by atoms with Gasteiger partial charge >= 0.3 is 148 Å². The molecular weight excluding hydrogens is 400 g/mol. The van der Waals surface area contributed by atoms with E-state index in [0.717, 1.165) is 0 Å². The standard InChI is InChI=1S/5Na.H5O10P3.2H2O/c;;;;;1-11(2,3)9-13(7,8)10-12(4,5)6;;/h;;;;;(H,7,8)(H2,1,2,3)(H2,4,5,6);2*1H2/q5*+1;;;/p-5. The van der Waals surface area contributed by atoms with Crippen LogP contribution in [0.15, 0.2) is 0 Å². The van der Waals surface area contributed by atoms with E-state index >= 15 is 0 Å². The molecule has 20 heteroatoms. The van der Waals surface area contributed by atoms with Gasteiger partial charge in [0.05, 0.1) is 15.6 Å². The third-order valence-corrected chi connectivity index (χ3v) is 3.60. The van der Waals surface area contributed by atoms with Crippen molar-refractivity contribution in [3.05, 3.63) is 0 Å². The number of rotatable bonds is 4. The van der Waals surface area contributed by atoms with Crippen LogP contribution in [0.2, 0.25) is 0 Å². The van der Waals surface area contributed by atoms with E-state index in [2.05, 4.69) is 8.62 Å².